The van der Waals surface area contributed by atoms with E-state index >= 15 is 0 Å². The maximum atomic E-state index is 5.47. The molecule has 1 aromatic carbocycles. The molecule has 0 heterocycles. The van der Waals surface area contributed by atoms with Crippen LogP contribution in [-0.2, 0) is 4.74 Å². The van der Waals surface area contributed by atoms with Crippen LogP contribution in [0.4, 0.5) is 0 Å². The van der Waals surface area contributed by atoms with Gasteiger partial charge in [-0.15, -0.1) is 0 Å². The fourth-order valence-electron chi connectivity index (χ4n) is 2.12. The summed E-state index contributed by atoms with van der Waals surface area (Å²) in [5.74, 6) is 1.53. The Morgan fingerprint density at radius 1 is 1.10 bits per heavy atom. The summed E-state index contributed by atoms with van der Waals surface area (Å²) in [6, 6.07) is 6.36. The Kier molecular flexibility index (Phi) is 8.07. The van der Waals surface area contributed by atoms with Gasteiger partial charge in [0.15, 0.2) is 11.5 Å². The highest BCUT2D eigenvalue weighted by molar-refractivity contribution is 5.43. The maximum absolute atomic E-state index is 5.47. The van der Waals surface area contributed by atoms with Gasteiger partial charge >= 0.3 is 0 Å². The third-order valence-electron chi connectivity index (χ3n) is 3.21. The highest BCUT2D eigenvalue weighted by Crippen LogP contribution is 2.30. The average Bonchev–Trinajstić information content (AvgIpc) is 2.50. The molecule has 0 bridgehead atoms. The summed E-state index contributed by atoms with van der Waals surface area (Å²) in [6.07, 6.45) is 2.06. The Balaban J connectivity index is 2.82. The predicted octanol–water partition coefficient (Wildman–Crippen LogP) is 3.17. The molecule has 0 saturated heterocycles. The first-order chi connectivity index (χ1) is 9.76. The van der Waals surface area contributed by atoms with E-state index in [1.54, 1.807) is 14.2 Å². The Labute approximate surface area is 122 Å². The van der Waals surface area contributed by atoms with E-state index in [9.17, 15) is 0 Å². The Hall–Kier alpha value is -1.26. The van der Waals surface area contributed by atoms with Crippen LogP contribution in [0.3, 0.4) is 0 Å². The lowest BCUT2D eigenvalue weighted by atomic mass is 10.0. The Bertz CT molecular complexity index is 382. The zero-order valence-electron chi connectivity index (χ0n) is 13.1. The van der Waals surface area contributed by atoms with Gasteiger partial charge in [-0.25, -0.2) is 0 Å². The van der Waals surface area contributed by atoms with Crippen molar-refractivity contribution >= 4 is 0 Å². The molecule has 4 heteroatoms. The van der Waals surface area contributed by atoms with Crippen molar-refractivity contribution in [1.29, 1.82) is 0 Å². The summed E-state index contributed by atoms with van der Waals surface area (Å²) < 4.78 is 16.1. The molecule has 0 aliphatic rings. The molecule has 114 valence electrons. The zero-order chi connectivity index (χ0) is 14.8. The molecular weight excluding hydrogens is 254 g/mol. The summed E-state index contributed by atoms with van der Waals surface area (Å²) in [5, 5.41) is 3.56. The first-order valence-electron chi connectivity index (χ1n) is 7.29. The molecule has 1 N–H and O–H groups in total. The summed E-state index contributed by atoms with van der Waals surface area (Å²) >= 11 is 0. The quantitative estimate of drug-likeness (QED) is 0.669. The molecule has 0 spiro atoms. The lowest BCUT2D eigenvalue weighted by Crippen LogP contribution is -2.23. The standard InChI is InChI=1S/C16H27NO3/c1-5-10-17-14(9-11-20-6-2)13-7-8-15(18-3)16(12-13)19-4/h7-8,12,14,17H,5-6,9-11H2,1-4H3. The minimum absolute atomic E-state index is 0.279. The molecular formula is C16H27NO3. The van der Waals surface area contributed by atoms with Gasteiger partial charge in [0.25, 0.3) is 0 Å². The van der Waals surface area contributed by atoms with Crippen LogP contribution in [0, 0.1) is 0 Å². The summed E-state index contributed by atoms with van der Waals surface area (Å²) in [7, 11) is 3.32. The van der Waals surface area contributed by atoms with E-state index in [-0.39, 0.29) is 6.04 Å². The number of benzene rings is 1. The smallest absolute Gasteiger partial charge is 0.161 e. The molecule has 0 aromatic heterocycles. The van der Waals surface area contributed by atoms with E-state index in [1.165, 1.54) is 5.56 Å². The monoisotopic (exact) mass is 281 g/mol. The highest BCUT2D eigenvalue weighted by Gasteiger charge is 2.13. The molecule has 0 aliphatic carbocycles. The highest BCUT2D eigenvalue weighted by atomic mass is 16.5. The van der Waals surface area contributed by atoms with Gasteiger partial charge in [-0.3, -0.25) is 0 Å². The zero-order valence-corrected chi connectivity index (χ0v) is 13.1. The van der Waals surface area contributed by atoms with Crippen molar-refractivity contribution in [2.24, 2.45) is 0 Å². The van der Waals surface area contributed by atoms with Crippen LogP contribution in [0.1, 0.15) is 38.3 Å². The van der Waals surface area contributed by atoms with Crippen LogP contribution >= 0.6 is 0 Å². The average molecular weight is 281 g/mol. The fraction of sp³-hybridized carbons (Fsp3) is 0.625. The second kappa shape index (κ2) is 9.61. The van der Waals surface area contributed by atoms with Gasteiger partial charge < -0.3 is 19.5 Å². The maximum Gasteiger partial charge on any atom is 0.161 e. The lowest BCUT2D eigenvalue weighted by Gasteiger charge is -2.20. The Morgan fingerprint density at radius 3 is 2.45 bits per heavy atom. The SMILES string of the molecule is CCCNC(CCOCC)c1ccc(OC)c(OC)c1. The van der Waals surface area contributed by atoms with E-state index in [1.807, 2.05) is 19.1 Å². The molecule has 4 nitrogen and oxygen atoms in total. The second-order valence-corrected chi connectivity index (χ2v) is 4.61. The first kappa shape index (κ1) is 16.8. The minimum Gasteiger partial charge on any atom is -0.493 e. The number of nitrogens with one attached hydrogen (secondary N) is 1. The summed E-state index contributed by atoms with van der Waals surface area (Å²) in [5.41, 5.74) is 1.20. The molecule has 0 aliphatic heterocycles. The molecule has 0 amide bonds. The predicted molar refractivity (Wildman–Crippen MR) is 81.7 cm³/mol. The second-order valence-electron chi connectivity index (χ2n) is 4.61. The van der Waals surface area contributed by atoms with Gasteiger partial charge in [0, 0.05) is 19.3 Å². The van der Waals surface area contributed by atoms with E-state index in [4.69, 9.17) is 14.2 Å². The Morgan fingerprint density at radius 2 is 1.85 bits per heavy atom. The number of hydrogen-bond donors (Lipinski definition) is 1. The van der Waals surface area contributed by atoms with Gasteiger partial charge in [0.2, 0.25) is 0 Å². The van der Waals surface area contributed by atoms with Crippen LogP contribution in [0.25, 0.3) is 0 Å². The van der Waals surface area contributed by atoms with Crippen molar-refractivity contribution in [3.8, 4) is 11.5 Å². The van der Waals surface area contributed by atoms with Crippen LogP contribution < -0.4 is 14.8 Å². The molecule has 0 saturated carbocycles. The van der Waals surface area contributed by atoms with Crippen molar-refractivity contribution in [2.45, 2.75) is 32.7 Å². The largest absolute Gasteiger partial charge is 0.493 e. The molecule has 1 aromatic rings. The van der Waals surface area contributed by atoms with Crippen LogP contribution in [0.15, 0.2) is 18.2 Å². The van der Waals surface area contributed by atoms with E-state index in [0.29, 0.717) is 0 Å². The summed E-state index contributed by atoms with van der Waals surface area (Å²) in [6.45, 7) is 6.69. The van der Waals surface area contributed by atoms with Crippen LogP contribution in [-0.4, -0.2) is 34.0 Å². The van der Waals surface area contributed by atoms with Crippen molar-refractivity contribution in [2.75, 3.05) is 34.0 Å². The van der Waals surface area contributed by atoms with Crippen molar-refractivity contribution < 1.29 is 14.2 Å². The summed E-state index contributed by atoms with van der Waals surface area (Å²) in [4.78, 5) is 0. The number of rotatable bonds is 10. The minimum atomic E-state index is 0.279. The third-order valence-corrected chi connectivity index (χ3v) is 3.21. The molecule has 1 atom stereocenters. The van der Waals surface area contributed by atoms with Gasteiger partial charge in [-0.05, 0) is 44.0 Å². The van der Waals surface area contributed by atoms with E-state index < -0.39 is 0 Å². The molecule has 0 fully saturated rings. The lowest BCUT2D eigenvalue weighted by molar-refractivity contribution is 0.136. The fourth-order valence-corrected chi connectivity index (χ4v) is 2.12. The van der Waals surface area contributed by atoms with E-state index in [2.05, 4.69) is 18.3 Å². The van der Waals surface area contributed by atoms with Gasteiger partial charge in [0.1, 0.15) is 0 Å². The van der Waals surface area contributed by atoms with Crippen molar-refractivity contribution in [3.63, 3.8) is 0 Å². The number of ether oxygens (including phenoxy) is 3. The first-order valence-corrected chi connectivity index (χ1v) is 7.29. The molecule has 0 radical (unpaired) electrons. The van der Waals surface area contributed by atoms with E-state index in [0.717, 1.165) is 44.1 Å². The molecule has 1 unspecified atom stereocenters. The van der Waals surface area contributed by atoms with Crippen LogP contribution in [0.5, 0.6) is 11.5 Å². The van der Waals surface area contributed by atoms with Crippen LogP contribution in [0.2, 0.25) is 0 Å². The number of methoxy groups -OCH3 is 2. The van der Waals surface area contributed by atoms with Crippen molar-refractivity contribution in [3.05, 3.63) is 23.8 Å². The molecule has 20 heavy (non-hydrogen) atoms. The van der Waals surface area contributed by atoms with Gasteiger partial charge in [-0.2, -0.15) is 0 Å². The van der Waals surface area contributed by atoms with Crippen molar-refractivity contribution in [1.82, 2.24) is 5.32 Å². The molecule has 1 rings (SSSR count). The third kappa shape index (κ3) is 5.02. The number of hydrogen-bond acceptors (Lipinski definition) is 4. The topological polar surface area (TPSA) is 39.7 Å². The van der Waals surface area contributed by atoms with Gasteiger partial charge in [0.05, 0.1) is 14.2 Å². The van der Waals surface area contributed by atoms with Gasteiger partial charge in [-0.1, -0.05) is 13.0 Å². The normalized spacial score (nSPS) is 12.2.